The number of carbonyl (C=O) groups is 2. The molecule has 0 spiro atoms. The van der Waals surface area contributed by atoms with Crippen molar-refractivity contribution in [2.75, 3.05) is 0 Å². The summed E-state index contributed by atoms with van der Waals surface area (Å²) in [5.41, 5.74) is 2.73. The Morgan fingerprint density at radius 2 is 2.11 bits per heavy atom. The summed E-state index contributed by atoms with van der Waals surface area (Å²) in [6.07, 6.45) is 0.248. The van der Waals surface area contributed by atoms with E-state index in [9.17, 15) is 9.59 Å². The third kappa shape index (κ3) is 2.99. The Labute approximate surface area is 110 Å². The number of rotatable bonds is 5. The monoisotopic (exact) mass is 260 g/mol. The van der Waals surface area contributed by atoms with Gasteiger partial charge in [-0.2, -0.15) is 0 Å². The largest absolute Gasteiger partial charge is 0.481 e. The maximum Gasteiger partial charge on any atom is 0.311 e. The molecule has 0 aliphatic heterocycles. The highest BCUT2D eigenvalue weighted by atomic mass is 16.4. The van der Waals surface area contributed by atoms with Gasteiger partial charge in [0.2, 0.25) is 0 Å². The third-order valence-corrected chi connectivity index (χ3v) is 2.98. The predicted molar refractivity (Wildman–Crippen MR) is 71.1 cm³/mol. The van der Waals surface area contributed by atoms with E-state index in [2.05, 4.69) is 4.98 Å². The summed E-state index contributed by atoms with van der Waals surface area (Å²) in [4.78, 5) is 26.4. The van der Waals surface area contributed by atoms with Crippen molar-refractivity contribution in [3.63, 3.8) is 0 Å². The smallest absolute Gasteiger partial charge is 0.311 e. The molecule has 19 heavy (non-hydrogen) atoms. The zero-order valence-corrected chi connectivity index (χ0v) is 11.0. The van der Waals surface area contributed by atoms with E-state index in [1.807, 2.05) is 29.7 Å². The number of aliphatic carboxylic acids is 1. The van der Waals surface area contributed by atoms with Gasteiger partial charge in [-0.05, 0) is 31.5 Å². The quantitative estimate of drug-likeness (QED) is 0.891. The van der Waals surface area contributed by atoms with Crippen LogP contribution in [0, 0.1) is 6.92 Å². The first-order valence-electron chi connectivity index (χ1n) is 6.14. The van der Waals surface area contributed by atoms with Crippen molar-refractivity contribution in [3.05, 3.63) is 29.6 Å². The summed E-state index contributed by atoms with van der Waals surface area (Å²) in [6, 6.07) is 5.80. The molecule has 0 radical (unpaired) electrons. The molecule has 0 unspecified atom stereocenters. The van der Waals surface area contributed by atoms with E-state index in [4.69, 9.17) is 5.11 Å². The molecule has 5 heteroatoms. The number of carboxylic acid groups (broad SMARTS) is 1. The summed E-state index contributed by atoms with van der Waals surface area (Å²) in [5, 5.41) is 8.93. The lowest BCUT2D eigenvalue weighted by atomic mass is 10.2. The Morgan fingerprint density at radius 3 is 2.74 bits per heavy atom. The SMILES string of the molecule is CC(=O)CCn1c(CC(=O)O)nc2cc(C)ccc21. The molecule has 1 aromatic carbocycles. The van der Waals surface area contributed by atoms with Crippen molar-refractivity contribution in [2.24, 2.45) is 0 Å². The van der Waals surface area contributed by atoms with Crippen LogP contribution in [0.25, 0.3) is 11.0 Å². The first-order chi connectivity index (χ1) is 8.97. The number of carboxylic acids is 1. The highest BCUT2D eigenvalue weighted by Gasteiger charge is 2.13. The second kappa shape index (κ2) is 5.22. The minimum Gasteiger partial charge on any atom is -0.481 e. The molecule has 1 N–H and O–H groups in total. The average molecular weight is 260 g/mol. The van der Waals surface area contributed by atoms with Crippen molar-refractivity contribution in [2.45, 2.75) is 33.2 Å². The fourth-order valence-electron chi connectivity index (χ4n) is 2.08. The van der Waals surface area contributed by atoms with Gasteiger partial charge in [0.25, 0.3) is 0 Å². The van der Waals surface area contributed by atoms with E-state index in [1.165, 1.54) is 6.92 Å². The molecule has 0 atom stereocenters. The molecule has 1 aromatic heterocycles. The van der Waals surface area contributed by atoms with Gasteiger partial charge in [0.15, 0.2) is 0 Å². The Morgan fingerprint density at radius 1 is 1.37 bits per heavy atom. The lowest BCUT2D eigenvalue weighted by Gasteiger charge is -2.06. The first kappa shape index (κ1) is 13.3. The minimum absolute atomic E-state index is 0.0789. The predicted octanol–water partition coefficient (Wildman–Crippen LogP) is 1.95. The molecule has 2 rings (SSSR count). The first-order valence-corrected chi connectivity index (χ1v) is 6.14. The van der Waals surface area contributed by atoms with Crippen molar-refractivity contribution >= 4 is 22.8 Å². The van der Waals surface area contributed by atoms with Gasteiger partial charge >= 0.3 is 5.97 Å². The molecule has 100 valence electrons. The van der Waals surface area contributed by atoms with Crippen molar-refractivity contribution in [1.29, 1.82) is 0 Å². The lowest BCUT2D eigenvalue weighted by molar-refractivity contribution is -0.136. The van der Waals surface area contributed by atoms with E-state index < -0.39 is 5.97 Å². The molecule has 0 saturated heterocycles. The van der Waals surface area contributed by atoms with Crippen LogP contribution >= 0.6 is 0 Å². The average Bonchev–Trinajstić information content (AvgIpc) is 2.61. The molecular formula is C14H16N2O3. The van der Waals surface area contributed by atoms with Crippen LogP contribution in [0.5, 0.6) is 0 Å². The van der Waals surface area contributed by atoms with Crippen molar-refractivity contribution in [1.82, 2.24) is 9.55 Å². The second-order valence-electron chi connectivity index (χ2n) is 4.69. The Balaban J connectivity index is 2.47. The van der Waals surface area contributed by atoms with Crippen LogP contribution in [-0.4, -0.2) is 26.4 Å². The molecular weight excluding hydrogens is 244 g/mol. The van der Waals surface area contributed by atoms with E-state index >= 15 is 0 Å². The number of carbonyl (C=O) groups excluding carboxylic acids is 1. The topological polar surface area (TPSA) is 72.2 Å². The van der Waals surface area contributed by atoms with Crippen LogP contribution in [0.1, 0.15) is 24.7 Å². The van der Waals surface area contributed by atoms with Crippen LogP contribution in [0.2, 0.25) is 0 Å². The van der Waals surface area contributed by atoms with Gasteiger partial charge in [-0.25, -0.2) is 4.98 Å². The molecule has 1 heterocycles. The number of hydrogen-bond donors (Lipinski definition) is 1. The van der Waals surface area contributed by atoms with E-state index in [0.717, 1.165) is 16.6 Å². The maximum absolute atomic E-state index is 11.1. The molecule has 0 aliphatic carbocycles. The minimum atomic E-state index is -0.920. The van der Waals surface area contributed by atoms with Gasteiger partial charge in [-0.3, -0.25) is 9.59 Å². The normalized spacial score (nSPS) is 10.8. The summed E-state index contributed by atoms with van der Waals surface area (Å²) >= 11 is 0. The van der Waals surface area contributed by atoms with Crippen molar-refractivity contribution < 1.29 is 14.7 Å². The zero-order valence-electron chi connectivity index (χ0n) is 11.0. The van der Waals surface area contributed by atoms with E-state index in [0.29, 0.717) is 18.8 Å². The standard InChI is InChI=1S/C14H16N2O3/c1-9-3-4-12-11(7-9)15-13(8-14(18)19)16(12)6-5-10(2)17/h3-4,7H,5-6,8H2,1-2H3,(H,18,19). The number of aromatic nitrogens is 2. The summed E-state index contributed by atoms with van der Waals surface area (Å²) < 4.78 is 1.82. The second-order valence-corrected chi connectivity index (χ2v) is 4.69. The van der Waals surface area contributed by atoms with Crippen LogP contribution in [-0.2, 0) is 22.6 Å². The number of fused-ring (bicyclic) bond motifs is 1. The molecule has 0 aliphatic rings. The van der Waals surface area contributed by atoms with E-state index in [-0.39, 0.29) is 12.2 Å². The van der Waals surface area contributed by atoms with Crippen LogP contribution in [0.4, 0.5) is 0 Å². The molecule has 0 saturated carbocycles. The number of benzene rings is 1. The highest BCUT2D eigenvalue weighted by Crippen LogP contribution is 2.19. The zero-order chi connectivity index (χ0) is 14.0. The molecule has 2 aromatic rings. The van der Waals surface area contributed by atoms with Gasteiger partial charge in [-0.1, -0.05) is 6.07 Å². The van der Waals surface area contributed by atoms with Gasteiger partial charge in [0, 0.05) is 13.0 Å². The molecule has 0 bridgehead atoms. The van der Waals surface area contributed by atoms with Gasteiger partial charge in [0.05, 0.1) is 11.0 Å². The van der Waals surface area contributed by atoms with Crippen LogP contribution in [0.3, 0.4) is 0 Å². The van der Waals surface area contributed by atoms with Gasteiger partial charge in [-0.15, -0.1) is 0 Å². The summed E-state index contributed by atoms with van der Waals surface area (Å²) in [7, 11) is 0. The number of hydrogen-bond acceptors (Lipinski definition) is 3. The van der Waals surface area contributed by atoms with Crippen molar-refractivity contribution in [3.8, 4) is 0 Å². The lowest BCUT2D eigenvalue weighted by Crippen LogP contribution is -2.11. The third-order valence-electron chi connectivity index (χ3n) is 2.98. The van der Waals surface area contributed by atoms with Gasteiger partial charge in [0.1, 0.15) is 18.0 Å². The number of ketones is 1. The number of imidazole rings is 1. The van der Waals surface area contributed by atoms with E-state index in [1.54, 1.807) is 0 Å². The maximum atomic E-state index is 11.1. The fourth-order valence-corrected chi connectivity index (χ4v) is 2.08. The molecule has 0 amide bonds. The Kier molecular flexibility index (Phi) is 3.64. The Hall–Kier alpha value is -2.17. The number of Topliss-reactive ketones (excluding diaryl/α,β-unsaturated/α-hetero) is 1. The Bertz CT molecular complexity index is 643. The van der Waals surface area contributed by atoms with Crippen LogP contribution in [0.15, 0.2) is 18.2 Å². The summed E-state index contributed by atoms with van der Waals surface area (Å²) in [5.74, 6) is -0.347. The highest BCUT2D eigenvalue weighted by molar-refractivity contribution is 5.79. The molecule has 0 fully saturated rings. The van der Waals surface area contributed by atoms with Crippen LogP contribution < -0.4 is 0 Å². The number of nitrogens with zero attached hydrogens (tertiary/aromatic N) is 2. The molecule has 5 nitrogen and oxygen atoms in total. The summed E-state index contributed by atoms with van der Waals surface area (Å²) in [6.45, 7) is 3.96. The number of aryl methyl sites for hydroxylation is 2. The van der Waals surface area contributed by atoms with Gasteiger partial charge < -0.3 is 9.67 Å². The fraction of sp³-hybridized carbons (Fsp3) is 0.357.